The fourth-order valence-electron chi connectivity index (χ4n) is 2.45. The highest BCUT2D eigenvalue weighted by Crippen LogP contribution is 2.20. The summed E-state index contributed by atoms with van der Waals surface area (Å²) in [5, 5.41) is 17.4. The van der Waals surface area contributed by atoms with E-state index in [0.717, 1.165) is 5.56 Å². The van der Waals surface area contributed by atoms with Gasteiger partial charge in [-0.15, -0.1) is 5.10 Å². The van der Waals surface area contributed by atoms with Gasteiger partial charge in [0.2, 0.25) is 11.1 Å². The van der Waals surface area contributed by atoms with Crippen molar-refractivity contribution in [2.24, 2.45) is 7.05 Å². The topological polar surface area (TPSA) is 72.7 Å². The summed E-state index contributed by atoms with van der Waals surface area (Å²) >= 11 is 1.47. The number of nitrogens with zero attached hydrogens (tertiary/aromatic N) is 4. The molecule has 124 valence electrons. The summed E-state index contributed by atoms with van der Waals surface area (Å²) in [6.07, 6.45) is 0.426. The molecule has 0 aliphatic heterocycles. The molecular formula is C17H19N5OS. The Morgan fingerprint density at radius 2 is 2.04 bits per heavy atom. The maximum absolute atomic E-state index is 12.1. The van der Waals surface area contributed by atoms with Crippen LogP contribution in [0.4, 0.5) is 0 Å². The zero-order valence-electron chi connectivity index (χ0n) is 13.6. The van der Waals surface area contributed by atoms with E-state index >= 15 is 0 Å². The van der Waals surface area contributed by atoms with Crippen LogP contribution < -0.4 is 5.32 Å². The maximum Gasteiger partial charge on any atom is 0.221 e. The van der Waals surface area contributed by atoms with Crippen molar-refractivity contribution < 1.29 is 4.79 Å². The Bertz CT molecular complexity index is 848. The van der Waals surface area contributed by atoms with E-state index in [1.807, 2.05) is 19.1 Å². The number of benzene rings is 2. The lowest BCUT2D eigenvalue weighted by atomic mass is 10.0. The van der Waals surface area contributed by atoms with Gasteiger partial charge in [-0.3, -0.25) is 4.79 Å². The molecule has 2 aromatic carbocycles. The second-order valence-electron chi connectivity index (χ2n) is 5.58. The summed E-state index contributed by atoms with van der Waals surface area (Å²) in [4.78, 5) is 12.1. The monoisotopic (exact) mass is 341 g/mol. The van der Waals surface area contributed by atoms with E-state index < -0.39 is 0 Å². The van der Waals surface area contributed by atoms with Crippen LogP contribution in [0.25, 0.3) is 10.8 Å². The number of nitrogens with one attached hydrogen (secondary N) is 1. The van der Waals surface area contributed by atoms with Gasteiger partial charge in [0.05, 0.1) is 6.04 Å². The van der Waals surface area contributed by atoms with Crippen LogP contribution in [0.1, 0.15) is 24.9 Å². The van der Waals surface area contributed by atoms with Crippen LogP contribution in [0, 0.1) is 0 Å². The average molecular weight is 341 g/mol. The first kappa shape index (κ1) is 16.4. The Morgan fingerprint density at radius 1 is 1.25 bits per heavy atom. The van der Waals surface area contributed by atoms with Gasteiger partial charge in [0.25, 0.3) is 0 Å². The minimum absolute atomic E-state index is 0.0244. The highest BCUT2D eigenvalue weighted by molar-refractivity contribution is 7.99. The Labute approximate surface area is 144 Å². The van der Waals surface area contributed by atoms with Crippen molar-refractivity contribution in [1.29, 1.82) is 0 Å². The van der Waals surface area contributed by atoms with Crippen LogP contribution in [-0.4, -0.2) is 31.9 Å². The molecule has 1 aromatic heterocycles. The zero-order chi connectivity index (χ0) is 16.9. The third kappa shape index (κ3) is 3.91. The minimum atomic E-state index is -0.0244. The van der Waals surface area contributed by atoms with E-state index in [-0.39, 0.29) is 11.9 Å². The highest BCUT2D eigenvalue weighted by atomic mass is 32.2. The number of carbonyl (C=O) groups excluding carboxylic acids is 1. The van der Waals surface area contributed by atoms with Crippen molar-refractivity contribution in [3.8, 4) is 0 Å². The largest absolute Gasteiger partial charge is 0.350 e. The van der Waals surface area contributed by atoms with E-state index in [9.17, 15) is 4.79 Å². The number of fused-ring (bicyclic) bond motifs is 1. The maximum atomic E-state index is 12.1. The normalized spacial score (nSPS) is 12.2. The third-order valence-electron chi connectivity index (χ3n) is 3.79. The molecule has 3 aromatic rings. The fourth-order valence-corrected chi connectivity index (χ4v) is 3.24. The number of thioether (sulfide) groups is 1. The number of rotatable bonds is 6. The predicted molar refractivity (Wildman–Crippen MR) is 94.6 cm³/mol. The molecule has 0 saturated heterocycles. The number of carbonyl (C=O) groups is 1. The first-order valence-electron chi connectivity index (χ1n) is 7.76. The molecule has 1 heterocycles. The highest BCUT2D eigenvalue weighted by Gasteiger charge is 2.11. The Balaban J connectivity index is 1.54. The Kier molecular flexibility index (Phi) is 5.10. The quantitative estimate of drug-likeness (QED) is 0.698. The number of hydrogen-bond acceptors (Lipinski definition) is 5. The van der Waals surface area contributed by atoms with Gasteiger partial charge in [-0.25, -0.2) is 4.68 Å². The summed E-state index contributed by atoms with van der Waals surface area (Å²) in [7, 11) is 1.78. The van der Waals surface area contributed by atoms with E-state index in [0.29, 0.717) is 17.3 Å². The second-order valence-corrected chi connectivity index (χ2v) is 6.64. The van der Waals surface area contributed by atoms with Crippen LogP contribution in [0.5, 0.6) is 0 Å². The van der Waals surface area contributed by atoms with Crippen LogP contribution in [0.3, 0.4) is 0 Å². The molecule has 0 aliphatic rings. The van der Waals surface area contributed by atoms with Crippen molar-refractivity contribution in [3.63, 3.8) is 0 Å². The van der Waals surface area contributed by atoms with Crippen molar-refractivity contribution in [2.75, 3.05) is 5.75 Å². The van der Waals surface area contributed by atoms with Gasteiger partial charge in [-0.05, 0) is 39.8 Å². The molecule has 3 rings (SSSR count). The first-order valence-corrected chi connectivity index (χ1v) is 8.75. The van der Waals surface area contributed by atoms with Gasteiger partial charge in [-0.2, -0.15) is 0 Å². The first-order chi connectivity index (χ1) is 11.6. The Morgan fingerprint density at radius 3 is 2.79 bits per heavy atom. The predicted octanol–water partition coefficient (Wildman–Crippen LogP) is 2.72. The van der Waals surface area contributed by atoms with Crippen LogP contribution in [-0.2, 0) is 11.8 Å². The minimum Gasteiger partial charge on any atom is -0.350 e. The fraction of sp³-hybridized carbons (Fsp3) is 0.294. The number of aryl methyl sites for hydroxylation is 1. The van der Waals surface area contributed by atoms with Crippen molar-refractivity contribution in [2.45, 2.75) is 24.5 Å². The van der Waals surface area contributed by atoms with Crippen molar-refractivity contribution in [3.05, 3.63) is 48.0 Å². The van der Waals surface area contributed by atoms with Crippen molar-refractivity contribution >= 4 is 28.4 Å². The molecule has 24 heavy (non-hydrogen) atoms. The molecule has 0 spiro atoms. The van der Waals surface area contributed by atoms with Crippen molar-refractivity contribution in [1.82, 2.24) is 25.5 Å². The summed E-state index contributed by atoms with van der Waals surface area (Å²) in [5.74, 6) is 0.670. The van der Waals surface area contributed by atoms with Crippen LogP contribution >= 0.6 is 11.8 Å². The molecule has 0 fully saturated rings. The van der Waals surface area contributed by atoms with Gasteiger partial charge in [0.15, 0.2) is 0 Å². The van der Waals surface area contributed by atoms with Gasteiger partial charge in [-0.1, -0.05) is 48.2 Å². The summed E-state index contributed by atoms with van der Waals surface area (Å²) < 4.78 is 1.60. The Hall–Kier alpha value is -2.41. The molecule has 1 N–H and O–H groups in total. The van der Waals surface area contributed by atoms with E-state index in [1.165, 1.54) is 22.5 Å². The lowest BCUT2D eigenvalue weighted by Gasteiger charge is -2.15. The molecular weight excluding hydrogens is 322 g/mol. The van der Waals surface area contributed by atoms with Gasteiger partial charge in [0.1, 0.15) is 0 Å². The number of amides is 1. The van der Waals surface area contributed by atoms with E-state index in [2.05, 4.69) is 51.2 Å². The summed E-state index contributed by atoms with van der Waals surface area (Å²) in [5.41, 5.74) is 1.10. The molecule has 0 saturated carbocycles. The molecule has 7 heteroatoms. The van der Waals surface area contributed by atoms with E-state index in [1.54, 1.807) is 11.7 Å². The average Bonchev–Trinajstić information content (AvgIpc) is 2.99. The third-order valence-corrected chi connectivity index (χ3v) is 4.80. The van der Waals surface area contributed by atoms with E-state index in [4.69, 9.17) is 0 Å². The zero-order valence-corrected chi connectivity index (χ0v) is 14.5. The smallest absolute Gasteiger partial charge is 0.221 e. The van der Waals surface area contributed by atoms with Gasteiger partial charge in [0, 0.05) is 19.2 Å². The molecule has 0 bridgehead atoms. The summed E-state index contributed by atoms with van der Waals surface area (Å²) in [6.45, 7) is 2.00. The SMILES string of the molecule is C[C@@H](NC(=O)CCSc1nnnn1C)c1ccc2ccccc2c1. The van der Waals surface area contributed by atoms with Gasteiger partial charge < -0.3 is 5.32 Å². The van der Waals surface area contributed by atoms with Gasteiger partial charge >= 0.3 is 0 Å². The molecule has 0 radical (unpaired) electrons. The second kappa shape index (κ2) is 7.44. The lowest BCUT2D eigenvalue weighted by molar-refractivity contribution is -0.121. The number of aromatic nitrogens is 4. The molecule has 0 unspecified atom stereocenters. The number of tetrazole rings is 1. The standard InChI is InChI=1S/C17H19N5OS/c1-12(14-8-7-13-5-3-4-6-15(13)11-14)18-16(23)9-10-24-17-19-20-21-22(17)2/h3-8,11-12H,9-10H2,1-2H3,(H,18,23)/t12-/m1/s1. The molecule has 6 nitrogen and oxygen atoms in total. The van der Waals surface area contributed by atoms with Crippen LogP contribution in [0.15, 0.2) is 47.6 Å². The summed E-state index contributed by atoms with van der Waals surface area (Å²) in [6, 6.07) is 14.5. The molecule has 1 atom stereocenters. The lowest BCUT2D eigenvalue weighted by Crippen LogP contribution is -2.26. The molecule has 1 amide bonds. The van der Waals surface area contributed by atoms with Crippen LogP contribution in [0.2, 0.25) is 0 Å². The molecule has 0 aliphatic carbocycles. The number of hydrogen-bond donors (Lipinski definition) is 1.